The number of hydrogen-bond donors (Lipinski definition) is 1. The maximum absolute atomic E-state index is 6.16. The van der Waals surface area contributed by atoms with Gasteiger partial charge in [0.05, 0.1) is 24.0 Å². The first-order chi connectivity index (χ1) is 9.16. The lowest BCUT2D eigenvalue weighted by molar-refractivity contribution is 0.466. The van der Waals surface area contributed by atoms with Crippen molar-refractivity contribution in [1.82, 2.24) is 19.6 Å². The molecular formula is C14H17N5. The van der Waals surface area contributed by atoms with Crippen LogP contribution in [0.4, 0.5) is 0 Å². The number of rotatable bonds is 3. The fourth-order valence-electron chi connectivity index (χ4n) is 2.47. The van der Waals surface area contributed by atoms with E-state index >= 15 is 0 Å². The summed E-state index contributed by atoms with van der Waals surface area (Å²) in [4.78, 5) is 0. The number of benzene rings is 1. The van der Waals surface area contributed by atoms with Gasteiger partial charge in [-0.3, -0.25) is 9.36 Å². The van der Waals surface area contributed by atoms with E-state index in [9.17, 15) is 0 Å². The molecule has 0 aliphatic rings. The molecule has 5 nitrogen and oxygen atoms in total. The van der Waals surface area contributed by atoms with Crippen molar-refractivity contribution in [3.63, 3.8) is 0 Å². The van der Waals surface area contributed by atoms with Gasteiger partial charge in [-0.2, -0.15) is 10.2 Å². The molecule has 0 aliphatic carbocycles. The van der Waals surface area contributed by atoms with Gasteiger partial charge in [0, 0.05) is 30.2 Å². The number of fused-ring (bicyclic) bond motifs is 1. The van der Waals surface area contributed by atoms with E-state index < -0.39 is 0 Å². The smallest absolute Gasteiger partial charge is 0.0953 e. The van der Waals surface area contributed by atoms with Crippen LogP contribution >= 0.6 is 0 Å². The first kappa shape index (κ1) is 11.9. The molecule has 0 aliphatic heterocycles. The summed E-state index contributed by atoms with van der Waals surface area (Å²) in [6, 6.07) is 8.09. The van der Waals surface area contributed by atoms with E-state index in [4.69, 9.17) is 5.73 Å². The summed E-state index contributed by atoms with van der Waals surface area (Å²) in [5.41, 5.74) is 8.33. The highest BCUT2D eigenvalue weighted by atomic mass is 15.3. The van der Waals surface area contributed by atoms with Gasteiger partial charge >= 0.3 is 0 Å². The monoisotopic (exact) mass is 255 g/mol. The summed E-state index contributed by atoms with van der Waals surface area (Å²) in [5.74, 6) is 0. The second-order valence-electron chi connectivity index (χ2n) is 4.90. The van der Waals surface area contributed by atoms with Crippen molar-refractivity contribution >= 4 is 10.9 Å². The van der Waals surface area contributed by atoms with Gasteiger partial charge < -0.3 is 5.73 Å². The Morgan fingerprint density at radius 2 is 1.95 bits per heavy atom. The predicted octanol–water partition coefficient (Wildman–Crippen LogP) is 1.71. The summed E-state index contributed by atoms with van der Waals surface area (Å²) < 4.78 is 3.77. The molecule has 1 aromatic carbocycles. The summed E-state index contributed by atoms with van der Waals surface area (Å²) in [5, 5.41) is 9.85. The third kappa shape index (κ3) is 2.02. The molecule has 0 bridgehead atoms. The lowest BCUT2D eigenvalue weighted by Gasteiger charge is -2.21. The van der Waals surface area contributed by atoms with Crippen LogP contribution in [0.1, 0.15) is 18.5 Å². The Kier molecular flexibility index (Phi) is 2.83. The molecule has 19 heavy (non-hydrogen) atoms. The Bertz CT molecular complexity index is 695. The fourth-order valence-corrected chi connectivity index (χ4v) is 2.47. The average Bonchev–Trinajstić information content (AvgIpc) is 2.98. The molecule has 2 atom stereocenters. The molecular weight excluding hydrogens is 238 g/mol. The predicted molar refractivity (Wildman–Crippen MR) is 74.7 cm³/mol. The number of nitrogens with zero attached hydrogens (tertiary/aromatic N) is 4. The molecule has 3 aromatic rings. The van der Waals surface area contributed by atoms with Crippen LogP contribution in [0.3, 0.4) is 0 Å². The normalized spacial score (nSPS) is 14.7. The largest absolute Gasteiger partial charge is 0.326 e. The van der Waals surface area contributed by atoms with Gasteiger partial charge in [0.1, 0.15) is 0 Å². The number of aromatic nitrogens is 4. The van der Waals surface area contributed by atoms with Crippen LogP contribution in [0.2, 0.25) is 0 Å². The highest BCUT2D eigenvalue weighted by Gasteiger charge is 2.22. The highest BCUT2D eigenvalue weighted by molar-refractivity contribution is 5.78. The zero-order valence-electron chi connectivity index (χ0n) is 11.1. The molecule has 0 saturated carbocycles. The maximum Gasteiger partial charge on any atom is 0.0953 e. The van der Waals surface area contributed by atoms with E-state index in [1.54, 1.807) is 4.68 Å². The Morgan fingerprint density at radius 3 is 2.63 bits per heavy atom. The van der Waals surface area contributed by atoms with Crippen molar-refractivity contribution in [2.75, 3.05) is 0 Å². The molecule has 3 rings (SSSR count). The maximum atomic E-state index is 6.16. The van der Waals surface area contributed by atoms with E-state index in [2.05, 4.69) is 22.3 Å². The second-order valence-corrected chi connectivity index (χ2v) is 4.90. The molecule has 0 saturated heterocycles. The quantitative estimate of drug-likeness (QED) is 0.775. The zero-order valence-corrected chi connectivity index (χ0v) is 11.1. The van der Waals surface area contributed by atoms with E-state index in [0.717, 1.165) is 16.5 Å². The van der Waals surface area contributed by atoms with Crippen molar-refractivity contribution in [3.05, 3.63) is 48.4 Å². The molecule has 0 fully saturated rings. The Balaban J connectivity index is 2.15. The van der Waals surface area contributed by atoms with Crippen LogP contribution in [0.25, 0.3) is 10.9 Å². The summed E-state index contributed by atoms with van der Waals surface area (Å²) in [6.45, 7) is 1.99. The first-order valence-corrected chi connectivity index (χ1v) is 6.33. The van der Waals surface area contributed by atoms with Crippen LogP contribution in [-0.2, 0) is 7.05 Å². The Morgan fingerprint density at radius 1 is 1.16 bits per heavy atom. The standard InChI is InChI=1S/C14H17N5/c1-10(15)14(12-8-16-18(2)9-12)19-13-6-4-3-5-11(13)7-17-19/h3-10,14H,15H2,1-2H3. The van der Waals surface area contributed by atoms with Crippen molar-refractivity contribution in [3.8, 4) is 0 Å². The number of hydrogen-bond acceptors (Lipinski definition) is 3. The molecule has 5 heteroatoms. The van der Waals surface area contributed by atoms with Gasteiger partial charge in [0.25, 0.3) is 0 Å². The van der Waals surface area contributed by atoms with E-state index in [0.29, 0.717) is 0 Å². The van der Waals surface area contributed by atoms with Crippen LogP contribution < -0.4 is 5.73 Å². The third-order valence-electron chi connectivity index (χ3n) is 3.33. The van der Waals surface area contributed by atoms with Gasteiger partial charge in [-0.25, -0.2) is 0 Å². The van der Waals surface area contributed by atoms with Crippen molar-refractivity contribution < 1.29 is 0 Å². The van der Waals surface area contributed by atoms with Gasteiger partial charge in [0.2, 0.25) is 0 Å². The average molecular weight is 255 g/mol. The Labute approximate surface area is 111 Å². The first-order valence-electron chi connectivity index (χ1n) is 6.33. The van der Waals surface area contributed by atoms with Crippen LogP contribution in [0, 0.1) is 0 Å². The van der Waals surface area contributed by atoms with Gasteiger partial charge in [0.15, 0.2) is 0 Å². The van der Waals surface area contributed by atoms with Crippen LogP contribution in [-0.4, -0.2) is 25.6 Å². The zero-order chi connectivity index (χ0) is 13.4. The van der Waals surface area contributed by atoms with Gasteiger partial charge in [-0.1, -0.05) is 18.2 Å². The molecule has 2 unspecified atom stereocenters. The molecule has 0 amide bonds. The lowest BCUT2D eigenvalue weighted by atomic mass is 10.0. The molecule has 0 spiro atoms. The van der Waals surface area contributed by atoms with E-state index in [1.165, 1.54) is 0 Å². The van der Waals surface area contributed by atoms with Crippen LogP contribution in [0.15, 0.2) is 42.9 Å². The van der Waals surface area contributed by atoms with Crippen LogP contribution in [0.5, 0.6) is 0 Å². The second kappa shape index (κ2) is 4.51. The van der Waals surface area contributed by atoms with Crippen molar-refractivity contribution in [2.24, 2.45) is 12.8 Å². The molecule has 0 radical (unpaired) electrons. The number of para-hydroxylation sites is 1. The minimum atomic E-state index is -0.0486. The molecule has 98 valence electrons. The highest BCUT2D eigenvalue weighted by Crippen LogP contribution is 2.24. The number of nitrogens with two attached hydrogens (primary N) is 1. The van der Waals surface area contributed by atoms with E-state index in [1.807, 2.05) is 49.4 Å². The fraction of sp³-hybridized carbons (Fsp3) is 0.286. The molecule has 2 N–H and O–H groups in total. The lowest BCUT2D eigenvalue weighted by Crippen LogP contribution is -2.30. The topological polar surface area (TPSA) is 61.7 Å². The van der Waals surface area contributed by atoms with E-state index in [-0.39, 0.29) is 12.1 Å². The SMILES string of the molecule is CC(N)C(c1cnn(C)c1)n1ncc2ccccc21. The third-order valence-corrected chi connectivity index (χ3v) is 3.33. The minimum absolute atomic E-state index is 0.00593. The van der Waals surface area contributed by atoms with Crippen molar-refractivity contribution in [2.45, 2.75) is 19.0 Å². The molecule has 2 aromatic heterocycles. The van der Waals surface area contributed by atoms with Gasteiger partial charge in [-0.05, 0) is 13.0 Å². The summed E-state index contributed by atoms with van der Waals surface area (Å²) >= 11 is 0. The molecule has 2 heterocycles. The summed E-state index contributed by atoms with van der Waals surface area (Å²) in [7, 11) is 1.91. The Hall–Kier alpha value is -2.14. The number of aryl methyl sites for hydroxylation is 1. The minimum Gasteiger partial charge on any atom is -0.326 e. The van der Waals surface area contributed by atoms with Gasteiger partial charge in [-0.15, -0.1) is 0 Å². The summed E-state index contributed by atoms with van der Waals surface area (Å²) in [6.07, 6.45) is 5.72. The van der Waals surface area contributed by atoms with Crippen molar-refractivity contribution in [1.29, 1.82) is 0 Å².